The van der Waals surface area contributed by atoms with E-state index in [0.29, 0.717) is 5.56 Å². The Morgan fingerprint density at radius 3 is 2.83 bits per heavy atom. The Labute approximate surface area is 145 Å². The van der Waals surface area contributed by atoms with E-state index in [0.717, 1.165) is 26.1 Å². The van der Waals surface area contributed by atoms with E-state index in [-0.39, 0.29) is 5.91 Å². The minimum atomic E-state index is -0.346. The fourth-order valence-corrected chi connectivity index (χ4v) is 4.73. The molecule has 2 N–H and O–H groups in total. The summed E-state index contributed by atoms with van der Waals surface area (Å²) in [4.78, 5) is 15.3. The molecule has 24 heavy (non-hydrogen) atoms. The fourth-order valence-electron chi connectivity index (χ4n) is 3.48. The van der Waals surface area contributed by atoms with Gasteiger partial charge in [-0.05, 0) is 53.6 Å². The van der Waals surface area contributed by atoms with Gasteiger partial charge in [-0.15, -0.1) is 11.3 Å². The number of hydrogen-bond acceptors (Lipinski definition) is 3. The molecule has 4 rings (SSSR count). The van der Waals surface area contributed by atoms with Crippen LogP contribution in [0.5, 0.6) is 0 Å². The van der Waals surface area contributed by atoms with E-state index in [1.807, 2.05) is 23.5 Å². The molecule has 0 radical (unpaired) electrons. The first-order valence-electron chi connectivity index (χ1n) is 8.23. The van der Waals surface area contributed by atoms with Crippen LogP contribution >= 0.6 is 11.3 Å². The number of nitrogens with two attached hydrogens (primary N) is 1. The second-order valence-electron chi connectivity index (χ2n) is 6.45. The summed E-state index contributed by atoms with van der Waals surface area (Å²) < 4.78 is 1.37. The van der Waals surface area contributed by atoms with Crippen LogP contribution in [0.3, 0.4) is 0 Å². The maximum atomic E-state index is 11.3. The topological polar surface area (TPSA) is 46.3 Å². The predicted octanol–water partition coefficient (Wildman–Crippen LogP) is 3.87. The molecule has 3 aromatic rings. The first kappa shape index (κ1) is 15.4. The molecule has 0 spiro atoms. The van der Waals surface area contributed by atoms with Crippen molar-refractivity contribution in [2.75, 3.05) is 6.54 Å². The number of benzene rings is 2. The van der Waals surface area contributed by atoms with Crippen LogP contribution in [-0.4, -0.2) is 17.4 Å². The number of hydrogen-bond donors (Lipinski definition) is 1. The van der Waals surface area contributed by atoms with Crippen LogP contribution < -0.4 is 5.73 Å². The Balaban J connectivity index is 1.56. The number of thiophene rings is 1. The average Bonchev–Trinajstić information content (AvgIpc) is 2.90. The molecule has 0 atom stereocenters. The zero-order chi connectivity index (χ0) is 16.7. The number of carbonyl (C=O) groups excluding carboxylic acids is 1. The zero-order valence-corrected chi connectivity index (χ0v) is 14.5. The van der Waals surface area contributed by atoms with E-state index < -0.39 is 0 Å². The van der Waals surface area contributed by atoms with Crippen LogP contribution in [-0.2, 0) is 19.5 Å². The van der Waals surface area contributed by atoms with Crippen molar-refractivity contribution in [2.45, 2.75) is 26.4 Å². The molecule has 0 aliphatic carbocycles. The Hall–Kier alpha value is -2.17. The Morgan fingerprint density at radius 2 is 2.04 bits per heavy atom. The minimum absolute atomic E-state index is 0.346. The van der Waals surface area contributed by atoms with Gasteiger partial charge in [-0.25, -0.2) is 0 Å². The summed E-state index contributed by atoms with van der Waals surface area (Å²) in [6, 6.07) is 14.5. The lowest BCUT2D eigenvalue weighted by atomic mass is 9.97. The fraction of sp³-hybridized carbons (Fsp3) is 0.250. The molecule has 0 saturated heterocycles. The summed E-state index contributed by atoms with van der Waals surface area (Å²) in [5, 5.41) is 1.38. The van der Waals surface area contributed by atoms with Gasteiger partial charge in [0.15, 0.2) is 0 Å². The van der Waals surface area contributed by atoms with Gasteiger partial charge in [0.05, 0.1) is 0 Å². The third-order valence-electron chi connectivity index (χ3n) is 4.89. The highest BCUT2D eigenvalue weighted by Crippen LogP contribution is 2.32. The van der Waals surface area contributed by atoms with Crippen molar-refractivity contribution in [3.63, 3.8) is 0 Å². The van der Waals surface area contributed by atoms with Gasteiger partial charge in [-0.3, -0.25) is 9.69 Å². The van der Waals surface area contributed by atoms with E-state index >= 15 is 0 Å². The van der Waals surface area contributed by atoms with Crippen molar-refractivity contribution in [1.82, 2.24) is 4.90 Å². The van der Waals surface area contributed by atoms with Crippen LogP contribution in [0.25, 0.3) is 10.1 Å². The van der Waals surface area contributed by atoms with Gasteiger partial charge in [0, 0.05) is 34.8 Å². The highest BCUT2D eigenvalue weighted by Gasteiger charge is 2.19. The number of amides is 1. The monoisotopic (exact) mass is 336 g/mol. The van der Waals surface area contributed by atoms with Crippen molar-refractivity contribution < 1.29 is 4.79 Å². The van der Waals surface area contributed by atoms with Gasteiger partial charge in [0.2, 0.25) is 5.91 Å². The molecular weight excluding hydrogens is 316 g/mol. The normalized spacial score (nSPS) is 14.7. The molecule has 1 aliphatic heterocycles. The van der Waals surface area contributed by atoms with E-state index in [2.05, 4.69) is 42.2 Å². The largest absolute Gasteiger partial charge is 0.366 e. The lowest BCUT2D eigenvalue weighted by molar-refractivity contribution is 0.1000. The second-order valence-corrected chi connectivity index (χ2v) is 7.59. The number of carbonyl (C=O) groups is 1. The van der Waals surface area contributed by atoms with E-state index in [4.69, 9.17) is 5.73 Å². The highest BCUT2D eigenvalue weighted by molar-refractivity contribution is 7.19. The van der Waals surface area contributed by atoms with E-state index in [1.54, 1.807) is 0 Å². The van der Waals surface area contributed by atoms with Gasteiger partial charge in [0.25, 0.3) is 0 Å². The number of primary amides is 1. The Morgan fingerprint density at radius 1 is 1.21 bits per heavy atom. The molecule has 0 fully saturated rings. The quantitative estimate of drug-likeness (QED) is 0.789. The lowest BCUT2D eigenvalue weighted by Crippen LogP contribution is -2.30. The molecule has 0 saturated carbocycles. The molecule has 2 aromatic carbocycles. The molecule has 1 amide bonds. The summed E-state index contributed by atoms with van der Waals surface area (Å²) in [5.41, 5.74) is 9.97. The van der Waals surface area contributed by atoms with Gasteiger partial charge in [-0.1, -0.05) is 24.3 Å². The number of nitrogens with zero attached hydrogens (tertiary/aromatic N) is 1. The molecule has 1 aromatic heterocycles. The smallest absolute Gasteiger partial charge is 0.248 e. The van der Waals surface area contributed by atoms with Crippen LogP contribution in [0, 0.1) is 6.92 Å². The Bertz CT molecular complexity index is 929. The van der Waals surface area contributed by atoms with Crippen LogP contribution in [0.1, 0.15) is 31.9 Å². The van der Waals surface area contributed by atoms with Crippen molar-refractivity contribution in [3.05, 3.63) is 69.6 Å². The minimum Gasteiger partial charge on any atom is -0.366 e. The average molecular weight is 336 g/mol. The van der Waals surface area contributed by atoms with Crippen molar-refractivity contribution in [2.24, 2.45) is 5.73 Å². The van der Waals surface area contributed by atoms with E-state index in [1.165, 1.54) is 31.7 Å². The van der Waals surface area contributed by atoms with Crippen LogP contribution in [0.2, 0.25) is 0 Å². The Kier molecular flexibility index (Phi) is 3.87. The van der Waals surface area contributed by atoms with Gasteiger partial charge < -0.3 is 5.73 Å². The van der Waals surface area contributed by atoms with Crippen molar-refractivity contribution >= 4 is 27.3 Å². The molecule has 1 aliphatic rings. The molecule has 0 bridgehead atoms. The van der Waals surface area contributed by atoms with Crippen LogP contribution in [0.15, 0.2) is 42.5 Å². The van der Waals surface area contributed by atoms with Crippen molar-refractivity contribution in [3.8, 4) is 0 Å². The van der Waals surface area contributed by atoms with Gasteiger partial charge >= 0.3 is 0 Å². The molecule has 3 nitrogen and oxygen atoms in total. The first-order chi connectivity index (χ1) is 11.6. The second kappa shape index (κ2) is 6.04. The molecule has 2 heterocycles. The molecule has 122 valence electrons. The summed E-state index contributed by atoms with van der Waals surface area (Å²) >= 11 is 1.90. The van der Waals surface area contributed by atoms with Crippen molar-refractivity contribution in [1.29, 1.82) is 0 Å². The third kappa shape index (κ3) is 2.72. The number of rotatable bonds is 3. The lowest BCUT2D eigenvalue weighted by Gasteiger charge is -2.28. The summed E-state index contributed by atoms with van der Waals surface area (Å²) in [7, 11) is 0. The maximum Gasteiger partial charge on any atom is 0.248 e. The summed E-state index contributed by atoms with van der Waals surface area (Å²) in [6.45, 7) is 5.17. The first-order valence-corrected chi connectivity index (χ1v) is 9.04. The van der Waals surface area contributed by atoms with E-state index in [9.17, 15) is 4.79 Å². The zero-order valence-electron chi connectivity index (χ0n) is 13.7. The number of aryl methyl sites for hydroxylation is 1. The van der Waals surface area contributed by atoms with Crippen LogP contribution in [0.4, 0.5) is 0 Å². The van der Waals surface area contributed by atoms with Gasteiger partial charge in [-0.2, -0.15) is 0 Å². The third-order valence-corrected chi connectivity index (χ3v) is 6.15. The molecular formula is C20H20N2OS. The summed E-state index contributed by atoms with van der Waals surface area (Å²) in [5.74, 6) is -0.346. The predicted molar refractivity (Wildman–Crippen MR) is 99.3 cm³/mol. The van der Waals surface area contributed by atoms with Gasteiger partial charge in [0.1, 0.15) is 0 Å². The number of fused-ring (bicyclic) bond motifs is 2. The SMILES string of the molecule is Cc1c(CN2CCc3cc(C(N)=O)ccc3C2)sc2ccccc12. The standard InChI is InChI=1S/C20H20N2OS/c1-13-17-4-2-3-5-18(17)24-19(13)12-22-9-8-14-10-15(20(21)23)6-7-16(14)11-22/h2-7,10H,8-9,11-12H2,1H3,(H2,21,23). The molecule has 0 unspecified atom stereocenters. The maximum absolute atomic E-state index is 11.3. The molecule has 4 heteroatoms. The highest BCUT2D eigenvalue weighted by atomic mass is 32.1. The summed E-state index contributed by atoms with van der Waals surface area (Å²) in [6.07, 6.45) is 0.973.